The topological polar surface area (TPSA) is 44.8 Å². The van der Waals surface area contributed by atoms with Crippen molar-refractivity contribution in [3.63, 3.8) is 0 Å². The third-order valence-electron chi connectivity index (χ3n) is 0.633. The first-order valence-electron chi connectivity index (χ1n) is 2.53. The molecule has 0 bridgehead atoms. The summed E-state index contributed by atoms with van der Waals surface area (Å²) < 4.78 is 4.60. The van der Waals surface area contributed by atoms with Crippen LogP contribution < -0.4 is 0 Å². The predicted octanol–water partition coefficient (Wildman–Crippen LogP) is 0.471. The molecule has 0 amide bonds. The van der Waals surface area contributed by atoms with Crippen LogP contribution in [0.15, 0.2) is 0 Å². The maximum atomic E-state index is 10.1. The van der Waals surface area contributed by atoms with E-state index in [-0.39, 0.29) is 26.2 Å². The Kier molecular flexibility index (Phi) is 9.53. The van der Waals surface area contributed by atoms with Crippen molar-refractivity contribution in [2.75, 3.05) is 7.11 Å². The maximum absolute atomic E-state index is 10.1. The maximum Gasteiger partial charge on any atom is 2.00 e. The zero-order valence-corrected chi connectivity index (χ0v) is 8.67. The number of rotatable bonds is 3. The molecule has 0 aliphatic rings. The SMILES string of the molecule is COC(C)OOC(C)=O.[Zr+2]. The van der Waals surface area contributed by atoms with Crippen molar-refractivity contribution in [3.05, 3.63) is 0 Å². The Hall–Kier alpha value is 0.273. The van der Waals surface area contributed by atoms with E-state index in [1.165, 1.54) is 14.0 Å². The van der Waals surface area contributed by atoms with Gasteiger partial charge in [0.1, 0.15) is 0 Å². The molecular formula is C5H10O4Zr+2. The van der Waals surface area contributed by atoms with E-state index in [2.05, 4.69) is 14.5 Å². The summed E-state index contributed by atoms with van der Waals surface area (Å²) in [5.74, 6) is -0.487. The van der Waals surface area contributed by atoms with Crippen LogP contribution in [0.25, 0.3) is 0 Å². The normalized spacial score (nSPS) is 11.5. The number of ether oxygens (including phenoxy) is 1. The van der Waals surface area contributed by atoms with Crippen LogP contribution in [0.4, 0.5) is 0 Å². The Morgan fingerprint density at radius 3 is 2.30 bits per heavy atom. The zero-order valence-electron chi connectivity index (χ0n) is 6.21. The van der Waals surface area contributed by atoms with Crippen LogP contribution in [0.1, 0.15) is 13.8 Å². The van der Waals surface area contributed by atoms with Gasteiger partial charge in [-0.15, -0.1) is 0 Å². The summed E-state index contributed by atoms with van der Waals surface area (Å²) in [4.78, 5) is 18.6. The van der Waals surface area contributed by atoms with Gasteiger partial charge in [0, 0.05) is 14.0 Å². The largest absolute Gasteiger partial charge is 2.00 e. The molecular weight excluding hydrogens is 215 g/mol. The molecule has 0 aliphatic carbocycles. The second kappa shape index (κ2) is 7.38. The standard InChI is InChI=1S/C5H10O4.Zr/c1-4(6)8-9-5(2)7-3;/h5H,1-3H3;/q;+2. The van der Waals surface area contributed by atoms with Gasteiger partial charge in [0.2, 0.25) is 0 Å². The Labute approximate surface area is 78.9 Å². The summed E-state index contributed by atoms with van der Waals surface area (Å²) in [5.41, 5.74) is 0. The van der Waals surface area contributed by atoms with Crippen molar-refractivity contribution >= 4 is 5.97 Å². The van der Waals surface area contributed by atoms with Crippen LogP contribution in [0, 0.1) is 0 Å². The second-order valence-corrected chi connectivity index (χ2v) is 1.47. The van der Waals surface area contributed by atoms with Crippen LogP contribution in [0.2, 0.25) is 0 Å². The smallest absolute Gasteiger partial charge is 0.352 e. The molecule has 0 heterocycles. The fraction of sp³-hybridized carbons (Fsp3) is 0.800. The van der Waals surface area contributed by atoms with Crippen LogP contribution in [-0.4, -0.2) is 19.4 Å². The number of methoxy groups -OCH3 is 1. The molecule has 1 atom stereocenters. The van der Waals surface area contributed by atoms with E-state index in [1.807, 2.05) is 0 Å². The molecule has 1 unspecified atom stereocenters. The molecule has 0 aliphatic heterocycles. The van der Waals surface area contributed by atoms with Crippen molar-refractivity contribution in [1.29, 1.82) is 0 Å². The predicted molar refractivity (Wildman–Crippen MR) is 29.3 cm³/mol. The third-order valence-corrected chi connectivity index (χ3v) is 0.633. The van der Waals surface area contributed by atoms with E-state index < -0.39 is 12.3 Å². The molecule has 0 N–H and O–H groups in total. The Balaban J connectivity index is 0. The second-order valence-electron chi connectivity index (χ2n) is 1.47. The molecule has 0 spiro atoms. The minimum absolute atomic E-state index is 0. The minimum atomic E-state index is -0.506. The van der Waals surface area contributed by atoms with Gasteiger partial charge in [-0.2, -0.15) is 4.89 Å². The summed E-state index contributed by atoms with van der Waals surface area (Å²) in [6, 6.07) is 0. The van der Waals surface area contributed by atoms with E-state index in [1.54, 1.807) is 6.92 Å². The number of carbonyl (C=O) groups is 1. The molecule has 0 fully saturated rings. The van der Waals surface area contributed by atoms with Gasteiger partial charge in [0.15, 0.2) is 6.29 Å². The molecule has 0 rings (SSSR count). The summed E-state index contributed by atoms with van der Waals surface area (Å²) in [6.07, 6.45) is -0.506. The molecule has 0 saturated heterocycles. The molecule has 10 heavy (non-hydrogen) atoms. The van der Waals surface area contributed by atoms with Gasteiger partial charge in [0.25, 0.3) is 0 Å². The average molecular weight is 225 g/mol. The van der Waals surface area contributed by atoms with Crippen molar-refractivity contribution in [2.45, 2.75) is 20.1 Å². The van der Waals surface area contributed by atoms with E-state index in [0.717, 1.165) is 0 Å². The third kappa shape index (κ3) is 8.27. The van der Waals surface area contributed by atoms with Crippen LogP contribution in [-0.2, 0) is 45.5 Å². The molecule has 0 aromatic carbocycles. The fourth-order valence-electron chi connectivity index (χ4n) is 0.175. The van der Waals surface area contributed by atoms with Crippen molar-refractivity contribution in [1.82, 2.24) is 0 Å². The van der Waals surface area contributed by atoms with Gasteiger partial charge in [-0.1, -0.05) is 0 Å². The first-order valence-corrected chi connectivity index (χ1v) is 2.53. The van der Waals surface area contributed by atoms with E-state index >= 15 is 0 Å². The van der Waals surface area contributed by atoms with E-state index in [0.29, 0.717) is 0 Å². The Bertz CT molecular complexity index is 95.6. The van der Waals surface area contributed by atoms with E-state index in [4.69, 9.17) is 0 Å². The molecule has 0 aromatic heterocycles. The number of carbonyl (C=O) groups excluding carboxylic acids is 1. The Morgan fingerprint density at radius 1 is 1.50 bits per heavy atom. The first-order chi connectivity index (χ1) is 4.16. The van der Waals surface area contributed by atoms with Gasteiger partial charge in [0.05, 0.1) is 0 Å². The van der Waals surface area contributed by atoms with Crippen LogP contribution in [0.5, 0.6) is 0 Å². The van der Waals surface area contributed by atoms with Crippen molar-refractivity contribution in [2.24, 2.45) is 0 Å². The van der Waals surface area contributed by atoms with Gasteiger partial charge >= 0.3 is 32.2 Å². The quantitative estimate of drug-likeness (QED) is 0.398. The molecule has 0 radical (unpaired) electrons. The monoisotopic (exact) mass is 224 g/mol. The molecule has 0 saturated carbocycles. The van der Waals surface area contributed by atoms with Gasteiger partial charge in [-0.25, -0.2) is 4.79 Å². The van der Waals surface area contributed by atoms with E-state index in [9.17, 15) is 4.79 Å². The fourth-order valence-corrected chi connectivity index (χ4v) is 0.175. The molecule has 5 heteroatoms. The van der Waals surface area contributed by atoms with Crippen LogP contribution >= 0.6 is 0 Å². The summed E-state index contributed by atoms with van der Waals surface area (Å²) in [5, 5.41) is 0. The zero-order chi connectivity index (χ0) is 7.28. The average Bonchev–Trinajstić information content (AvgIpc) is 1.83. The summed E-state index contributed by atoms with van der Waals surface area (Å²) >= 11 is 0. The summed E-state index contributed by atoms with van der Waals surface area (Å²) in [7, 11) is 1.45. The van der Waals surface area contributed by atoms with Crippen molar-refractivity contribution < 1.29 is 45.5 Å². The van der Waals surface area contributed by atoms with Crippen LogP contribution in [0.3, 0.4) is 0 Å². The molecule has 56 valence electrons. The Morgan fingerprint density at radius 2 is 2.00 bits per heavy atom. The summed E-state index contributed by atoms with van der Waals surface area (Å²) in [6.45, 7) is 2.87. The minimum Gasteiger partial charge on any atom is -0.352 e. The molecule has 4 nitrogen and oxygen atoms in total. The number of hydrogen-bond acceptors (Lipinski definition) is 4. The van der Waals surface area contributed by atoms with Crippen molar-refractivity contribution in [3.8, 4) is 0 Å². The van der Waals surface area contributed by atoms with Gasteiger partial charge in [-0.05, 0) is 6.92 Å². The first kappa shape index (κ1) is 12.9. The van der Waals surface area contributed by atoms with Gasteiger partial charge in [-0.3, -0.25) is 4.89 Å². The van der Waals surface area contributed by atoms with Gasteiger partial charge < -0.3 is 4.74 Å². The molecule has 0 aromatic rings. The number of hydrogen-bond donors (Lipinski definition) is 0.